The number of halogens is 2. The fourth-order valence-electron chi connectivity index (χ4n) is 7.19. The second-order valence-electron chi connectivity index (χ2n) is 12.1. The average Bonchev–Trinajstić information content (AvgIpc) is 3.71. The first-order valence-electron chi connectivity index (χ1n) is 13.4. The van der Waals surface area contributed by atoms with Crippen molar-refractivity contribution in [3.05, 3.63) is 42.1 Å². The van der Waals surface area contributed by atoms with Gasteiger partial charge < -0.3 is 14.7 Å². The molecule has 1 unspecified atom stereocenters. The van der Waals surface area contributed by atoms with Gasteiger partial charge in [0, 0.05) is 29.3 Å². The molecule has 3 fully saturated rings. The molecule has 9 heteroatoms. The van der Waals surface area contributed by atoms with E-state index in [1.165, 1.54) is 51.1 Å². The Kier molecular flexibility index (Phi) is 6.00. The Bertz CT molecular complexity index is 1350. The van der Waals surface area contributed by atoms with Crippen LogP contribution in [0.4, 0.5) is 14.6 Å². The van der Waals surface area contributed by atoms with Crippen LogP contribution < -0.4 is 9.64 Å². The van der Waals surface area contributed by atoms with Gasteiger partial charge >= 0.3 is 0 Å². The number of ether oxygens (including phenoxy) is 1. The Morgan fingerprint density at radius 1 is 0.974 bits per heavy atom. The third-order valence-corrected chi connectivity index (χ3v) is 8.71. The Morgan fingerprint density at radius 2 is 1.71 bits per heavy atom. The normalized spacial score (nSPS) is 26.7. The van der Waals surface area contributed by atoms with Crippen molar-refractivity contribution in [2.24, 2.45) is 10.8 Å². The van der Waals surface area contributed by atoms with Crippen molar-refractivity contribution in [3.8, 4) is 34.0 Å². The molecule has 7 nitrogen and oxygen atoms in total. The highest BCUT2D eigenvalue weighted by atomic mass is 19.2. The summed E-state index contributed by atoms with van der Waals surface area (Å²) < 4.78 is 35.5. The Labute approximate surface area is 221 Å². The zero-order valence-corrected chi connectivity index (χ0v) is 22.0. The van der Waals surface area contributed by atoms with E-state index in [2.05, 4.69) is 39.1 Å². The number of phenols is 1. The summed E-state index contributed by atoms with van der Waals surface area (Å²) in [6, 6.07) is 6.87. The zero-order valence-electron chi connectivity index (χ0n) is 22.0. The number of anilines is 1. The van der Waals surface area contributed by atoms with Gasteiger partial charge in [-0.25, -0.2) is 8.78 Å². The van der Waals surface area contributed by atoms with Gasteiger partial charge in [-0.05, 0) is 74.0 Å². The lowest BCUT2D eigenvalue weighted by Gasteiger charge is -2.54. The monoisotopic (exact) mass is 521 g/mol. The fraction of sp³-hybridized carbons (Fsp3) is 0.517. The van der Waals surface area contributed by atoms with Crippen LogP contribution in [0.15, 0.2) is 30.5 Å². The van der Waals surface area contributed by atoms with Crippen LogP contribution in [-0.4, -0.2) is 44.7 Å². The van der Waals surface area contributed by atoms with Crippen molar-refractivity contribution >= 4 is 5.82 Å². The number of aromatic hydroxyl groups is 1. The van der Waals surface area contributed by atoms with Crippen LogP contribution in [0, 0.1) is 22.5 Å². The molecule has 1 aromatic carbocycles. The molecule has 0 radical (unpaired) electrons. The van der Waals surface area contributed by atoms with E-state index in [-0.39, 0.29) is 28.3 Å². The van der Waals surface area contributed by atoms with E-state index in [0.29, 0.717) is 22.9 Å². The molecule has 2 aromatic heterocycles. The van der Waals surface area contributed by atoms with Crippen LogP contribution in [0.1, 0.15) is 65.2 Å². The molecule has 3 aliphatic rings. The maximum Gasteiger partial charge on any atom is 0.233 e. The number of nitrogens with zero attached hydrogens (tertiary/aromatic N) is 5. The number of phenolic OH excluding ortho intramolecular Hbond substituents is 1. The Morgan fingerprint density at radius 3 is 2.34 bits per heavy atom. The maximum atomic E-state index is 15.3. The quantitative estimate of drug-likeness (QED) is 0.407. The van der Waals surface area contributed by atoms with Crippen molar-refractivity contribution in [2.75, 3.05) is 12.0 Å². The predicted octanol–water partition coefficient (Wildman–Crippen LogP) is 6.31. The topological polar surface area (TPSA) is 84.3 Å². The van der Waals surface area contributed by atoms with Crippen molar-refractivity contribution in [3.63, 3.8) is 0 Å². The predicted molar refractivity (Wildman–Crippen MR) is 140 cm³/mol. The highest BCUT2D eigenvalue weighted by molar-refractivity contribution is 5.75. The second-order valence-corrected chi connectivity index (χ2v) is 12.1. The van der Waals surface area contributed by atoms with E-state index in [1.807, 2.05) is 6.07 Å². The third-order valence-electron chi connectivity index (χ3n) is 8.71. The summed E-state index contributed by atoms with van der Waals surface area (Å²) in [4.78, 5) is 2.43. The van der Waals surface area contributed by atoms with Gasteiger partial charge in [-0.3, -0.25) is 0 Å². The summed E-state index contributed by atoms with van der Waals surface area (Å²) in [5.41, 5.74) is 0.541. The highest BCUT2D eigenvalue weighted by Crippen LogP contribution is 2.57. The molecule has 0 saturated heterocycles. The number of methoxy groups -OCH3 is 1. The molecule has 1 N–H and O–H groups in total. The van der Waals surface area contributed by atoms with Crippen LogP contribution in [0.25, 0.3) is 22.4 Å². The molecule has 3 aliphatic carbocycles. The van der Waals surface area contributed by atoms with Crippen molar-refractivity contribution in [1.29, 1.82) is 0 Å². The average molecular weight is 522 g/mol. The Hall–Kier alpha value is -3.36. The van der Waals surface area contributed by atoms with E-state index in [9.17, 15) is 5.11 Å². The first-order chi connectivity index (χ1) is 18.2. The van der Waals surface area contributed by atoms with Crippen molar-refractivity contribution in [1.82, 2.24) is 20.4 Å². The van der Waals surface area contributed by atoms with Gasteiger partial charge in [-0.15, -0.1) is 15.3 Å². The summed E-state index contributed by atoms with van der Waals surface area (Å²) in [5, 5.41) is 27.0. The summed E-state index contributed by atoms with van der Waals surface area (Å²) in [5.74, 6) is -1.83. The molecule has 3 saturated carbocycles. The molecule has 2 bridgehead atoms. The molecule has 200 valence electrons. The highest BCUT2D eigenvalue weighted by Gasteiger charge is 2.49. The number of benzene rings is 1. The molecule has 0 spiro atoms. The van der Waals surface area contributed by atoms with Crippen LogP contribution in [0.5, 0.6) is 11.6 Å². The van der Waals surface area contributed by atoms with Gasteiger partial charge in [0.25, 0.3) is 0 Å². The molecule has 0 aliphatic heterocycles. The smallest absolute Gasteiger partial charge is 0.233 e. The van der Waals surface area contributed by atoms with Gasteiger partial charge in [0.1, 0.15) is 5.75 Å². The molecular formula is C29H33F2N5O2. The van der Waals surface area contributed by atoms with Crippen LogP contribution in [-0.2, 0) is 0 Å². The number of rotatable bonds is 6. The first kappa shape index (κ1) is 24.9. The van der Waals surface area contributed by atoms with Crippen molar-refractivity contribution < 1.29 is 18.6 Å². The van der Waals surface area contributed by atoms with Crippen LogP contribution in [0.2, 0.25) is 0 Å². The lowest BCUT2D eigenvalue weighted by Crippen LogP contribution is -2.51. The second kappa shape index (κ2) is 9.13. The molecule has 2 heterocycles. The minimum atomic E-state index is -1.20. The van der Waals surface area contributed by atoms with E-state index < -0.39 is 17.4 Å². The third kappa shape index (κ3) is 4.46. The lowest BCUT2D eigenvalue weighted by atomic mass is 9.55. The zero-order chi connectivity index (χ0) is 26.7. The molecule has 3 atom stereocenters. The summed E-state index contributed by atoms with van der Waals surface area (Å²) >= 11 is 0. The summed E-state index contributed by atoms with van der Waals surface area (Å²) in [6.45, 7) is 4.86. The van der Waals surface area contributed by atoms with Crippen LogP contribution >= 0.6 is 0 Å². The molecular weight excluding hydrogens is 488 g/mol. The summed E-state index contributed by atoms with van der Waals surface area (Å²) in [7, 11) is 1.40. The SMILES string of the molecule is COc1cc(-c2cc(O)c(-c3ccc(N(C4CC4)C4C[C@]5(C)CCC[C@](C)(C4)C5)nn3)c(F)c2F)cnn1. The van der Waals surface area contributed by atoms with Gasteiger partial charge in [-0.1, -0.05) is 20.3 Å². The standard InChI is InChI=1S/C29H33F2N5O2/c1-28-9-4-10-29(2,16-28)14-19(13-28)36(18-5-6-18)23-8-7-21(33-34-23)25-22(37)12-20(26(30)27(25)31)17-11-24(38-3)35-32-15-17/h7-8,11-12,15,18-19,37H,4-6,9-10,13-14,16H2,1-3H3/t19?,28-,29+. The van der Waals surface area contributed by atoms with Crippen LogP contribution in [0.3, 0.4) is 0 Å². The number of aromatic nitrogens is 4. The van der Waals surface area contributed by atoms with Gasteiger partial charge in [0.15, 0.2) is 17.5 Å². The maximum absolute atomic E-state index is 15.3. The first-order valence-corrected chi connectivity index (χ1v) is 13.4. The van der Waals surface area contributed by atoms with Gasteiger partial charge in [0.05, 0.1) is 24.6 Å². The number of hydrogen-bond acceptors (Lipinski definition) is 7. The van der Waals surface area contributed by atoms with Crippen molar-refractivity contribution in [2.45, 2.75) is 77.3 Å². The molecule has 38 heavy (non-hydrogen) atoms. The molecule has 6 rings (SSSR count). The van der Waals surface area contributed by atoms with Gasteiger partial charge in [-0.2, -0.15) is 5.10 Å². The lowest BCUT2D eigenvalue weighted by molar-refractivity contribution is 0.0127. The minimum absolute atomic E-state index is 0.0785. The molecule has 0 amide bonds. The van der Waals surface area contributed by atoms with E-state index in [4.69, 9.17) is 4.74 Å². The van der Waals surface area contributed by atoms with E-state index in [0.717, 1.165) is 31.5 Å². The number of fused-ring (bicyclic) bond motifs is 2. The summed E-state index contributed by atoms with van der Waals surface area (Å²) in [6.07, 6.45) is 10.9. The minimum Gasteiger partial charge on any atom is -0.507 e. The fourth-order valence-corrected chi connectivity index (χ4v) is 7.19. The number of hydrogen-bond donors (Lipinski definition) is 1. The van der Waals surface area contributed by atoms with E-state index in [1.54, 1.807) is 6.07 Å². The van der Waals surface area contributed by atoms with E-state index >= 15 is 8.78 Å². The Balaban J connectivity index is 1.31. The van der Waals surface area contributed by atoms with Gasteiger partial charge in [0.2, 0.25) is 5.88 Å². The largest absolute Gasteiger partial charge is 0.507 e. The molecule has 3 aromatic rings.